The maximum absolute atomic E-state index is 14.6. The van der Waals surface area contributed by atoms with Crippen molar-refractivity contribution >= 4 is 29.5 Å². The molecule has 3 aliphatic carbocycles. The maximum atomic E-state index is 14.6. The van der Waals surface area contributed by atoms with Gasteiger partial charge in [-0.05, 0) is 53.3 Å². The number of Topliss-reactive ketones (excluding diaryl/α,β-unsaturated/α-hetero) is 1. The van der Waals surface area contributed by atoms with Crippen LogP contribution >= 0.6 is 0 Å². The number of fused-ring (bicyclic) bond motifs is 1. The van der Waals surface area contributed by atoms with E-state index in [-0.39, 0.29) is 40.5 Å². The van der Waals surface area contributed by atoms with Gasteiger partial charge in [0.25, 0.3) is 5.91 Å². The summed E-state index contributed by atoms with van der Waals surface area (Å²) < 4.78 is 5.36. The number of amides is 5. The van der Waals surface area contributed by atoms with E-state index in [1.165, 1.54) is 0 Å². The van der Waals surface area contributed by atoms with E-state index in [9.17, 15) is 24.0 Å². The average molecular weight is 618 g/mol. The van der Waals surface area contributed by atoms with E-state index >= 15 is 0 Å². The standard InChI is InChI=1S/C33H55N5O6/c1-31(2,3)22(18-44-7)36-30(43)37-26(33(6)14-9-8-10-15-33)29(42)38-17-20-23(32(20,4)5)24(38)28(41)35-21(25(39)27(34)40)16-19-12-11-13-19/h19-24,26H,8-18H2,1-7H3,(H2,34,40)(H,35,41)(H2,36,37,43)/t20?,21?,22-,23?,24+,26-/m1/s1. The Morgan fingerprint density at radius 3 is 2.11 bits per heavy atom. The lowest BCUT2D eigenvalue weighted by Crippen LogP contribution is -2.63. The molecule has 0 bridgehead atoms. The van der Waals surface area contributed by atoms with Gasteiger partial charge in [0, 0.05) is 13.7 Å². The summed E-state index contributed by atoms with van der Waals surface area (Å²) >= 11 is 0. The van der Waals surface area contributed by atoms with Crippen molar-refractivity contribution in [1.82, 2.24) is 20.9 Å². The van der Waals surface area contributed by atoms with Gasteiger partial charge in [-0.25, -0.2) is 4.79 Å². The van der Waals surface area contributed by atoms with Gasteiger partial charge in [0.15, 0.2) is 0 Å². The van der Waals surface area contributed by atoms with Crippen LogP contribution < -0.4 is 21.7 Å². The number of primary amides is 1. The Morgan fingerprint density at radius 1 is 0.955 bits per heavy atom. The second kappa shape index (κ2) is 13.0. The normalized spacial score (nSPS) is 27.6. The number of nitrogens with zero attached hydrogens (tertiary/aromatic N) is 1. The van der Waals surface area contributed by atoms with Crippen LogP contribution in [0.3, 0.4) is 0 Å². The third-order valence-corrected chi connectivity index (χ3v) is 11.3. The van der Waals surface area contributed by atoms with Gasteiger partial charge in [-0.15, -0.1) is 0 Å². The van der Waals surface area contributed by atoms with Gasteiger partial charge in [-0.1, -0.05) is 80.1 Å². The van der Waals surface area contributed by atoms with Crippen LogP contribution in [0.2, 0.25) is 0 Å². The van der Waals surface area contributed by atoms with Crippen molar-refractivity contribution in [3.8, 4) is 0 Å². The van der Waals surface area contributed by atoms with Crippen LogP contribution in [-0.2, 0) is 23.9 Å². The summed E-state index contributed by atoms with van der Waals surface area (Å²) in [7, 11) is 1.59. The summed E-state index contributed by atoms with van der Waals surface area (Å²) in [6, 6.07) is -3.36. The number of nitrogens with two attached hydrogens (primary N) is 1. The Morgan fingerprint density at radius 2 is 1.59 bits per heavy atom. The lowest BCUT2D eigenvalue weighted by Gasteiger charge is -2.43. The molecule has 11 heteroatoms. The molecule has 3 saturated carbocycles. The largest absolute Gasteiger partial charge is 0.383 e. The van der Waals surface area contributed by atoms with E-state index in [0.29, 0.717) is 19.6 Å². The first kappa shape index (κ1) is 34.2. The third kappa shape index (κ3) is 7.07. The topological polar surface area (TPSA) is 160 Å². The number of methoxy groups -OCH3 is 1. The van der Waals surface area contributed by atoms with Crippen molar-refractivity contribution in [2.24, 2.45) is 39.7 Å². The van der Waals surface area contributed by atoms with E-state index < -0.39 is 47.2 Å². The zero-order valence-electron chi connectivity index (χ0n) is 27.8. The van der Waals surface area contributed by atoms with Crippen molar-refractivity contribution in [2.45, 2.75) is 123 Å². The molecule has 0 aromatic heterocycles. The number of carbonyl (C=O) groups excluding carboxylic acids is 5. The molecule has 1 saturated heterocycles. The van der Waals surface area contributed by atoms with Crippen molar-refractivity contribution < 1.29 is 28.7 Å². The molecule has 3 unspecified atom stereocenters. The van der Waals surface area contributed by atoms with Gasteiger partial charge >= 0.3 is 6.03 Å². The first-order valence-electron chi connectivity index (χ1n) is 16.5. The van der Waals surface area contributed by atoms with E-state index in [4.69, 9.17) is 10.5 Å². The molecule has 1 aliphatic heterocycles. The van der Waals surface area contributed by atoms with Gasteiger partial charge in [0.2, 0.25) is 17.6 Å². The molecule has 11 nitrogen and oxygen atoms in total. The smallest absolute Gasteiger partial charge is 0.315 e. The summed E-state index contributed by atoms with van der Waals surface area (Å²) in [4.78, 5) is 68.3. The summed E-state index contributed by atoms with van der Waals surface area (Å²) in [6.45, 7) is 13.0. The molecule has 0 spiro atoms. The molecule has 4 rings (SSSR count). The highest BCUT2D eigenvalue weighted by molar-refractivity contribution is 6.37. The summed E-state index contributed by atoms with van der Waals surface area (Å²) in [6.07, 6.45) is 7.86. The van der Waals surface area contributed by atoms with Gasteiger partial charge in [0.05, 0.1) is 18.7 Å². The Balaban J connectivity index is 1.59. The first-order chi connectivity index (χ1) is 20.5. The minimum Gasteiger partial charge on any atom is -0.383 e. The molecule has 4 fully saturated rings. The monoisotopic (exact) mass is 617 g/mol. The Hall–Kier alpha value is -2.69. The molecule has 1 heterocycles. The summed E-state index contributed by atoms with van der Waals surface area (Å²) in [5.74, 6) is -2.28. The van der Waals surface area contributed by atoms with E-state index in [2.05, 4.69) is 36.7 Å². The van der Waals surface area contributed by atoms with Gasteiger partial charge in [-0.2, -0.15) is 0 Å². The zero-order chi connectivity index (χ0) is 32.6. The SMILES string of the molecule is COC[C@@H](NC(=O)N[C@H](C(=O)N1CC2C([C@H]1C(=O)NC(CC1CCC1)C(=O)C(N)=O)C2(C)C)C1(C)CCCCC1)C(C)(C)C. The van der Waals surface area contributed by atoms with Crippen LogP contribution in [0.4, 0.5) is 4.79 Å². The molecule has 4 aliphatic rings. The summed E-state index contributed by atoms with van der Waals surface area (Å²) in [5.41, 5.74) is 4.46. The number of nitrogens with one attached hydrogen (secondary N) is 3. The van der Waals surface area contributed by atoms with Gasteiger partial charge in [0.1, 0.15) is 12.1 Å². The minimum absolute atomic E-state index is 0.0832. The predicted octanol–water partition coefficient (Wildman–Crippen LogP) is 2.90. The molecule has 0 aromatic carbocycles. The molecule has 0 aromatic rings. The van der Waals surface area contributed by atoms with E-state index in [0.717, 1.165) is 51.4 Å². The Kier molecular flexibility index (Phi) is 10.1. The van der Waals surface area contributed by atoms with Gasteiger partial charge < -0.3 is 31.3 Å². The number of hydrogen-bond acceptors (Lipinski definition) is 6. The number of carbonyl (C=O) groups is 5. The molecule has 5 N–H and O–H groups in total. The Bertz CT molecular complexity index is 1120. The molecule has 248 valence electrons. The second-order valence-electron chi connectivity index (χ2n) is 15.9. The van der Waals surface area contributed by atoms with Crippen molar-refractivity contribution in [3.63, 3.8) is 0 Å². The van der Waals surface area contributed by atoms with Crippen LogP contribution in [0.1, 0.15) is 99.3 Å². The minimum atomic E-state index is -1.07. The lowest BCUT2D eigenvalue weighted by atomic mass is 9.70. The van der Waals surface area contributed by atoms with Crippen LogP contribution in [0.15, 0.2) is 0 Å². The fourth-order valence-corrected chi connectivity index (χ4v) is 7.89. The number of piperidine rings is 1. The molecule has 44 heavy (non-hydrogen) atoms. The number of likely N-dealkylation sites (tertiary alicyclic amines) is 1. The van der Waals surface area contributed by atoms with Gasteiger partial charge in [-0.3, -0.25) is 19.2 Å². The number of rotatable bonds is 12. The number of ketones is 1. The van der Waals surface area contributed by atoms with E-state index in [1.807, 2.05) is 20.8 Å². The molecular weight excluding hydrogens is 562 g/mol. The Labute approximate surface area is 262 Å². The van der Waals surface area contributed by atoms with Crippen LogP contribution in [0.25, 0.3) is 0 Å². The number of ether oxygens (including phenoxy) is 1. The third-order valence-electron chi connectivity index (χ3n) is 11.3. The fraction of sp³-hybridized carbons (Fsp3) is 0.848. The van der Waals surface area contributed by atoms with Crippen molar-refractivity contribution in [2.75, 3.05) is 20.3 Å². The highest BCUT2D eigenvalue weighted by Gasteiger charge is 2.70. The van der Waals surface area contributed by atoms with Crippen molar-refractivity contribution in [1.29, 1.82) is 0 Å². The van der Waals surface area contributed by atoms with Crippen LogP contribution in [0, 0.1) is 34.0 Å². The number of urea groups is 1. The quantitative estimate of drug-likeness (QED) is 0.247. The van der Waals surface area contributed by atoms with Crippen LogP contribution in [-0.4, -0.2) is 78.9 Å². The summed E-state index contributed by atoms with van der Waals surface area (Å²) in [5, 5.41) is 8.92. The van der Waals surface area contributed by atoms with E-state index in [1.54, 1.807) is 12.0 Å². The second-order valence-corrected chi connectivity index (χ2v) is 15.9. The lowest BCUT2D eigenvalue weighted by molar-refractivity contribution is -0.146. The average Bonchev–Trinajstić information content (AvgIpc) is 3.24. The first-order valence-corrected chi connectivity index (χ1v) is 16.5. The maximum Gasteiger partial charge on any atom is 0.315 e. The molecular formula is C33H55N5O6. The predicted molar refractivity (Wildman–Crippen MR) is 166 cm³/mol. The van der Waals surface area contributed by atoms with Crippen molar-refractivity contribution in [3.05, 3.63) is 0 Å². The molecule has 6 atom stereocenters. The zero-order valence-corrected chi connectivity index (χ0v) is 27.8. The molecule has 5 amide bonds. The highest BCUT2D eigenvalue weighted by Crippen LogP contribution is 2.65. The fourth-order valence-electron chi connectivity index (χ4n) is 7.89. The molecule has 0 radical (unpaired) electrons. The number of hydrogen-bond donors (Lipinski definition) is 4. The van der Waals surface area contributed by atoms with Crippen LogP contribution in [0.5, 0.6) is 0 Å². The highest BCUT2D eigenvalue weighted by atomic mass is 16.5.